The van der Waals surface area contributed by atoms with E-state index >= 15 is 0 Å². The molecule has 0 unspecified atom stereocenters. The Morgan fingerprint density at radius 2 is 0.606 bits per heavy atom. The Hall–Kier alpha value is -0.0800. The summed E-state index contributed by atoms with van der Waals surface area (Å²) in [6.07, 6.45) is 14.7. The van der Waals surface area contributed by atoms with E-state index < -0.39 is 0 Å². The van der Waals surface area contributed by atoms with Crippen molar-refractivity contribution in [3.63, 3.8) is 0 Å². The third-order valence-corrected chi connectivity index (χ3v) is 5.45. The molecule has 0 N–H and O–H groups in total. The Balaban J connectivity index is -0.0000000486. The van der Waals surface area contributed by atoms with Crippen molar-refractivity contribution < 1.29 is 0 Å². The minimum absolute atomic E-state index is 0. The van der Waals surface area contributed by atoms with Crippen LogP contribution < -0.4 is 0 Å². The van der Waals surface area contributed by atoms with Gasteiger partial charge in [-0.2, -0.15) is 0 Å². The maximum atomic E-state index is 2.36. The van der Waals surface area contributed by atoms with Crippen molar-refractivity contribution in [2.24, 2.45) is 11.8 Å². The fourth-order valence-electron chi connectivity index (χ4n) is 2.87. The normalized spacial score (nSPS) is 17.8. The largest absolute Gasteiger partial charge is 0.306 e. The van der Waals surface area contributed by atoms with Crippen molar-refractivity contribution in [1.29, 1.82) is 0 Å². The van der Waals surface area contributed by atoms with Gasteiger partial charge >= 0.3 is 0 Å². The molecule has 33 heavy (non-hydrogen) atoms. The first-order valence-electron chi connectivity index (χ1n) is 13.9. The third-order valence-electron chi connectivity index (χ3n) is 5.45. The predicted octanol–water partition coefficient (Wildman–Crippen LogP) is 11.0. The molecule has 2 heterocycles. The molecule has 212 valence electrons. The van der Waals surface area contributed by atoms with E-state index in [9.17, 15) is 0 Å². The first kappa shape index (κ1) is 49.9. The van der Waals surface area contributed by atoms with E-state index in [-0.39, 0.29) is 22.3 Å². The van der Waals surface area contributed by atoms with Gasteiger partial charge in [0.25, 0.3) is 0 Å². The van der Waals surface area contributed by atoms with E-state index in [0.717, 1.165) is 11.8 Å². The third kappa shape index (κ3) is 42.5. The van der Waals surface area contributed by atoms with E-state index in [0.29, 0.717) is 0 Å². The molecule has 0 bridgehead atoms. The summed E-state index contributed by atoms with van der Waals surface area (Å²) in [5, 5.41) is 0. The van der Waals surface area contributed by atoms with E-state index in [2.05, 4.69) is 37.7 Å². The van der Waals surface area contributed by atoms with Gasteiger partial charge in [-0.25, -0.2) is 0 Å². The van der Waals surface area contributed by atoms with Crippen molar-refractivity contribution in [2.45, 2.75) is 156 Å². The summed E-state index contributed by atoms with van der Waals surface area (Å²) >= 11 is 0. The number of likely N-dealkylation sites (tertiary alicyclic amines) is 2. The highest BCUT2D eigenvalue weighted by Gasteiger charge is 2.09. The molecule has 2 heteroatoms. The Morgan fingerprint density at radius 1 is 0.394 bits per heavy atom. The van der Waals surface area contributed by atoms with Crippen LogP contribution in [-0.2, 0) is 0 Å². The standard InChI is InChI=1S/C7H14.C5H10.2C4H9N.4C2H6.3CH4/c1-7-5-3-2-4-6-7;3*1-5-3-2-4-5;4*1-2;;;/h7H,2-6H2,1H3;5H,2-4H2,1H3;2*2-4H2,1H3;4*1-2H3;3*1H4. The smallest absolute Gasteiger partial charge is 0.000959 e. The lowest BCUT2D eigenvalue weighted by atomic mass is 9.88. The summed E-state index contributed by atoms with van der Waals surface area (Å²) in [4.78, 5) is 4.61. The Bertz CT molecular complexity index is 209. The molecule has 2 saturated heterocycles. The van der Waals surface area contributed by atoms with Crippen molar-refractivity contribution in [3.8, 4) is 0 Å². The lowest BCUT2D eigenvalue weighted by molar-refractivity contribution is 0.229. The molecule has 0 aromatic heterocycles. The highest BCUT2D eigenvalue weighted by molar-refractivity contribution is 4.63. The van der Waals surface area contributed by atoms with Gasteiger partial charge in [0.2, 0.25) is 0 Å². The van der Waals surface area contributed by atoms with Crippen LogP contribution in [0.4, 0.5) is 0 Å². The summed E-state index contributed by atoms with van der Waals surface area (Å²) in [5.74, 6) is 2.10. The van der Waals surface area contributed by atoms with Crippen molar-refractivity contribution >= 4 is 0 Å². The van der Waals surface area contributed by atoms with Gasteiger partial charge in [0.05, 0.1) is 0 Å². The molecular formula is C31H78N2. The molecule has 2 saturated carbocycles. The van der Waals surface area contributed by atoms with E-state index in [1.54, 1.807) is 0 Å². The summed E-state index contributed by atoms with van der Waals surface area (Å²) in [7, 11) is 4.28. The molecule has 2 aliphatic heterocycles. The molecule has 0 amide bonds. The molecule has 0 radical (unpaired) electrons. The quantitative estimate of drug-likeness (QED) is 0.341. The maximum absolute atomic E-state index is 2.36. The predicted molar refractivity (Wildman–Crippen MR) is 165 cm³/mol. The van der Waals surface area contributed by atoms with Gasteiger partial charge < -0.3 is 9.80 Å². The van der Waals surface area contributed by atoms with Crippen LogP contribution in [0.5, 0.6) is 0 Å². The topological polar surface area (TPSA) is 6.48 Å². The van der Waals surface area contributed by atoms with Gasteiger partial charge in [0.1, 0.15) is 0 Å². The number of rotatable bonds is 0. The van der Waals surface area contributed by atoms with Crippen molar-refractivity contribution in [2.75, 3.05) is 40.3 Å². The van der Waals surface area contributed by atoms with Crippen molar-refractivity contribution in [1.82, 2.24) is 9.80 Å². The van der Waals surface area contributed by atoms with Crippen LogP contribution in [-0.4, -0.2) is 50.1 Å². The molecule has 0 atom stereocenters. The maximum Gasteiger partial charge on any atom is -0.000959 e. The second-order valence-electron chi connectivity index (χ2n) is 8.09. The summed E-state index contributed by atoms with van der Waals surface area (Å²) in [5.41, 5.74) is 0. The zero-order valence-corrected chi connectivity index (χ0v) is 23.9. The van der Waals surface area contributed by atoms with Crippen LogP contribution >= 0.6 is 0 Å². The van der Waals surface area contributed by atoms with Gasteiger partial charge in [-0.3, -0.25) is 0 Å². The molecular weight excluding hydrogens is 400 g/mol. The van der Waals surface area contributed by atoms with Crippen LogP contribution in [0.1, 0.15) is 156 Å². The fraction of sp³-hybridized carbons (Fsp3) is 1.00. The fourth-order valence-corrected chi connectivity index (χ4v) is 2.87. The first-order chi connectivity index (χ1) is 14.6. The summed E-state index contributed by atoms with van der Waals surface area (Å²) in [6.45, 7) is 25.9. The number of hydrogen-bond donors (Lipinski definition) is 0. The average Bonchev–Trinajstić information content (AvgIpc) is 2.77. The van der Waals surface area contributed by atoms with E-state index in [1.807, 2.05) is 55.4 Å². The average molecular weight is 479 g/mol. The molecule has 0 aromatic carbocycles. The van der Waals surface area contributed by atoms with Gasteiger partial charge in [-0.05, 0) is 65.0 Å². The Kier molecular flexibility index (Phi) is 68.7. The number of hydrogen-bond acceptors (Lipinski definition) is 2. The van der Waals surface area contributed by atoms with Crippen LogP contribution in [0.15, 0.2) is 0 Å². The Morgan fingerprint density at radius 3 is 0.667 bits per heavy atom. The first-order valence-corrected chi connectivity index (χ1v) is 13.9. The van der Waals surface area contributed by atoms with E-state index in [1.165, 1.54) is 90.4 Å². The van der Waals surface area contributed by atoms with Crippen LogP contribution in [0.2, 0.25) is 0 Å². The monoisotopic (exact) mass is 479 g/mol. The number of nitrogens with zero attached hydrogens (tertiary/aromatic N) is 2. The summed E-state index contributed by atoms with van der Waals surface area (Å²) in [6, 6.07) is 0. The second-order valence-corrected chi connectivity index (χ2v) is 8.09. The molecule has 2 nitrogen and oxygen atoms in total. The van der Waals surface area contributed by atoms with Crippen LogP contribution in [0.25, 0.3) is 0 Å². The second kappa shape index (κ2) is 45.4. The highest BCUT2D eigenvalue weighted by atomic mass is 15.1. The molecule has 0 aromatic rings. The molecule has 2 aliphatic carbocycles. The minimum atomic E-state index is 0. The van der Waals surface area contributed by atoms with Crippen LogP contribution in [0, 0.1) is 11.8 Å². The Labute approximate surface area is 217 Å². The zero-order chi connectivity index (χ0) is 24.2. The lowest BCUT2D eigenvalue weighted by Gasteiger charge is -2.24. The van der Waals surface area contributed by atoms with Gasteiger partial charge in [0, 0.05) is 0 Å². The molecule has 4 aliphatic rings. The highest BCUT2D eigenvalue weighted by Crippen LogP contribution is 2.24. The van der Waals surface area contributed by atoms with Gasteiger partial charge in [0.15, 0.2) is 0 Å². The molecule has 4 fully saturated rings. The SMILES string of the molecule is C.C.C.CC.CC.CC.CC.CC1CCC1.CC1CCCCC1.CN1CCC1.CN1CCC1. The van der Waals surface area contributed by atoms with Gasteiger partial charge in [-0.15, -0.1) is 0 Å². The zero-order valence-electron chi connectivity index (χ0n) is 23.9. The minimum Gasteiger partial charge on any atom is -0.306 e. The molecule has 0 spiro atoms. The van der Waals surface area contributed by atoms with E-state index in [4.69, 9.17) is 0 Å². The lowest BCUT2D eigenvalue weighted by Crippen LogP contribution is -2.32. The molecule has 4 rings (SSSR count). The van der Waals surface area contributed by atoms with Crippen LogP contribution in [0.3, 0.4) is 0 Å². The summed E-state index contributed by atoms with van der Waals surface area (Å²) < 4.78 is 0. The van der Waals surface area contributed by atoms with Crippen molar-refractivity contribution in [3.05, 3.63) is 0 Å². The van der Waals surface area contributed by atoms with Gasteiger partial charge in [-0.1, -0.05) is 143 Å².